The highest BCUT2D eigenvalue weighted by molar-refractivity contribution is 5.74. The molecule has 1 heterocycles. The molecule has 104 valence electrons. The Hall–Kier alpha value is -2.82. The second-order valence-electron chi connectivity index (χ2n) is 4.83. The van der Waals surface area contributed by atoms with Crippen molar-refractivity contribution in [3.05, 3.63) is 54.7 Å². The first-order chi connectivity index (χ1) is 10.2. The van der Waals surface area contributed by atoms with Gasteiger partial charge in [0.2, 0.25) is 0 Å². The quantitative estimate of drug-likeness (QED) is 0.677. The second-order valence-corrected chi connectivity index (χ2v) is 4.83. The Bertz CT molecular complexity index is 778. The van der Waals surface area contributed by atoms with Gasteiger partial charge in [0.1, 0.15) is 0 Å². The van der Waals surface area contributed by atoms with E-state index in [0.29, 0.717) is 5.82 Å². The van der Waals surface area contributed by atoms with Crippen LogP contribution in [-0.2, 0) is 0 Å². The average Bonchev–Trinajstić information content (AvgIpc) is 2.53. The van der Waals surface area contributed by atoms with Crippen LogP contribution in [0.3, 0.4) is 0 Å². The van der Waals surface area contributed by atoms with Crippen LogP contribution in [-0.4, -0.2) is 24.1 Å². The Morgan fingerprint density at radius 1 is 0.857 bits per heavy atom. The lowest BCUT2D eigenvalue weighted by molar-refractivity contribution is 1.12. The molecule has 0 amide bonds. The van der Waals surface area contributed by atoms with Crippen LogP contribution in [0.15, 0.2) is 65.0 Å². The van der Waals surface area contributed by atoms with Crippen molar-refractivity contribution in [2.45, 2.75) is 0 Å². The van der Waals surface area contributed by atoms with E-state index >= 15 is 0 Å². The summed E-state index contributed by atoms with van der Waals surface area (Å²) in [6.07, 6.45) is 1.63. The molecule has 0 N–H and O–H groups in total. The van der Waals surface area contributed by atoms with Gasteiger partial charge in [0.25, 0.3) is 0 Å². The standard InChI is InChI=1S/C16H15N5/c1-21(2)13-9-7-12(8-10-13)19-20-16-11-17-14-5-3-4-6-15(14)18-16/h3-11H,1-2H3. The van der Waals surface area contributed by atoms with Gasteiger partial charge in [0, 0.05) is 19.8 Å². The molecule has 0 aliphatic heterocycles. The molecule has 0 saturated heterocycles. The Balaban J connectivity index is 1.83. The summed E-state index contributed by atoms with van der Waals surface area (Å²) in [5, 5.41) is 8.33. The number of para-hydroxylation sites is 2. The summed E-state index contributed by atoms with van der Waals surface area (Å²) < 4.78 is 0. The van der Waals surface area contributed by atoms with Gasteiger partial charge >= 0.3 is 0 Å². The normalized spacial score (nSPS) is 11.1. The van der Waals surface area contributed by atoms with E-state index in [1.165, 1.54) is 0 Å². The molecule has 0 fully saturated rings. The monoisotopic (exact) mass is 277 g/mol. The molecule has 0 atom stereocenters. The Morgan fingerprint density at radius 2 is 1.57 bits per heavy atom. The summed E-state index contributed by atoms with van der Waals surface area (Å²) in [5.41, 5.74) is 3.58. The number of anilines is 1. The Kier molecular flexibility index (Phi) is 3.55. The highest BCUT2D eigenvalue weighted by atomic mass is 15.2. The number of nitrogens with zero attached hydrogens (tertiary/aromatic N) is 5. The minimum Gasteiger partial charge on any atom is -0.378 e. The van der Waals surface area contributed by atoms with Gasteiger partial charge in [-0.15, -0.1) is 10.2 Å². The van der Waals surface area contributed by atoms with Crippen molar-refractivity contribution in [2.24, 2.45) is 10.2 Å². The Morgan fingerprint density at radius 3 is 2.29 bits per heavy atom. The minimum atomic E-state index is 0.505. The smallest absolute Gasteiger partial charge is 0.193 e. The zero-order valence-corrected chi connectivity index (χ0v) is 11.9. The number of fused-ring (bicyclic) bond motifs is 1. The maximum Gasteiger partial charge on any atom is 0.193 e. The van der Waals surface area contributed by atoms with Crippen molar-refractivity contribution in [3.8, 4) is 0 Å². The fourth-order valence-corrected chi connectivity index (χ4v) is 1.92. The molecule has 1 aromatic heterocycles. The third-order valence-corrected chi connectivity index (χ3v) is 3.07. The first-order valence-corrected chi connectivity index (χ1v) is 6.63. The molecule has 0 unspecified atom stereocenters. The van der Waals surface area contributed by atoms with Crippen molar-refractivity contribution in [1.82, 2.24) is 9.97 Å². The molecular formula is C16H15N5. The molecule has 2 aromatic carbocycles. The lowest BCUT2D eigenvalue weighted by Crippen LogP contribution is -2.07. The number of aromatic nitrogens is 2. The molecule has 0 bridgehead atoms. The van der Waals surface area contributed by atoms with E-state index in [4.69, 9.17) is 0 Å². The van der Waals surface area contributed by atoms with Gasteiger partial charge in [-0.1, -0.05) is 12.1 Å². The predicted octanol–water partition coefficient (Wildman–Crippen LogP) is 4.11. The zero-order chi connectivity index (χ0) is 14.7. The number of hydrogen-bond acceptors (Lipinski definition) is 5. The van der Waals surface area contributed by atoms with Gasteiger partial charge in [0.15, 0.2) is 5.82 Å². The molecule has 3 rings (SSSR count). The molecule has 21 heavy (non-hydrogen) atoms. The lowest BCUT2D eigenvalue weighted by atomic mass is 10.3. The van der Waals surface area contributed by atoms with Crippen LogP contribution in [0.4, 0.5) is 17.2 Å². The highest BCUT2D eigenvalue weighted by Gasteiger charge is 1.98. The van der Waals surface area contributed by atoms with Crippen LogP contribution in [0.5, 0.6) is 0 Å². The summed E-state index contributed by atoms with van der Waals surface area (Å²) in [5.74, 6) is 0.505. The molecule has 5 nitrogen and oxygen atoms in total. The largest absolute Gasteiger partial charge is 0.378 e. The summed E-state index contributed by atoms with van der Waals surface area (Å²) in [6.45, 7) is 0. The first kappa shape index (κ1) is 13.2. The van der Waals surface area contributed by atoms with Crippen LogP contribution in [0.25, 0.3) is 11.0 Å². The van der Waals surface area contributed by atoms with Gasteiger partial charge in [-0.2, -0.15) is 0 Å². The maximum atomic E-state index is 4.40. The van der Waals surface area contributed by atoms with E-state index in [-0.39, 0.29) is 0 Å². The third kappa shape index (κ3) is 3.02. The molecule has 0 radical (unpaired) electrons. The number of hydrogen-bond donors (Lipinski definition) is 0. The van der Waals surface area contributed by atoms with Gasteiger partial charge in [0.05, 0.1) is 22.9 Å². The van der Waals surface area contributed by atoms with Crippen LogP contribution >= 0.6 is 0 Å². The van der Waals surface area contributed by atoms with E-state index in [0.717, 1.165) is 22.4 Å². The SMILES string of the molecule is CN(C)c1ccc(N=Nc2cnc3ccccc3n2)cc1. The number of azo groups is 1. The van der Waals surface area contributed by atoms with Crippen LogP contribution in [0.1, 0.15) is 0 Å². The molecular weight excluding hydrogens is 262 g/mol. The number of benzene rings is 2. The van der Waals surface area contributed by atoms with Gasteiger partial charge in [-0.25, -0.2) is 4.98 Å². The number of rotatable bonds is 3. The van der Waals surface area contributed by atoms with Crippen molar-refractivity contribution in [1.29, 1.82) is 0 Å². The third-order valence-electron chi connectivity index (χ3n) is 3.07. The average molecular weight is 277 g/mol. The van der Waals surface area contributed by atoms with Crippen molar-refractivity contribution >= 4 is 28.2 Å². The molecule has 0 spiro atoms. The van der Waals surface area contributed by atoms with Crippen LogP contribution < -0.4 is 4.90 Å². The highest BCUT2D eigenvalue weighted by Crippen LogP contribution is 2.21. The summed E-state index contributed by atoms with van der Waals surface area (Å²) >= 11 is 0. The van der Waals surface area contributed by atoms with E-state index in [1.54, 1.807) is 6.20 Å². The topological polar surface area (TPSA) is 53.7 Å². The first-order valence-electron chi connectivity index (χ1n) is 6.63. The summed E-state index contributed by atoms with van der Waals surface area (Å²) in [7, 11) is 4.00. The van der Waals surface area contributed by atoms with E-state index in [2.05, 4.69) is 20.2 Å². The second kappa shape index (κ2) is 5.66. The minimum absolute atomic E-state index is 0.505. The molecule has 0 aliphatic carbocycles. The van der Waals surface area contributed by atoms with Crippen molar-refractivity contribution in [3.63, 3.8) is 0 Å². The van der Waals surface area contributed by atoms with E-state index in [9.17, 15) is 0 Å². The summed E-state index contributed by atoms with van der Waals surface area (Å²) in [6, 6.07) is 15.5. The lowest BCUT2D eigenvalue weighted by Gasteiger charge is -2.11. The fourth-order valence-electron chi connectivity index (χ4n) is 1.92. The Labute approximate surface area is 123 Å². The van der Waals surface area contributed by atoms with Gasteiger partial charge in [-0.3, -0.25) is 4.98 Å². The zero-order valence-electron chi connectivity index (χ0n) is 11.9. The summed E-state index contributed by atoms with van der Waals surface area (Å²) in [4.78, 5) is 10.8. The van der Waals surface area contributed by atoms with Crippen LogP contribution in [0.2, 0.25) is 0 Å². The van der Waals surface area contributed by atoms with E-state index < -0.39 is 0 Å². The van der Waals surface area contributed by atoms with Crippen molar-refractivity contribution in [2.75, 3.05) is 19.0 Å². The molecule has 3 aromatic rings. The maximum absolute atomic E-state index is 4.40. The van der Waals surface area contributed by atoms with E-state index in [1.807, 2.05) is 67.5 Å². The molecule has 0 saturated carbocycles. The van der Waals surface area contributed by atoms with Gasteiger partial charge in [-0.05, 0) is 36.4 Å². The fraction of sp³-hybridized carbons (Fsp3) is 0.125. The predicted molar refractivity (Wildman–Crippen MR) is 84.5 cm³/mol. The molecule has 0 aliphatic rings. The van der Waals surface area contributed by atoms with Crippen molar-refractivity contribution < 1.29 is 0 Å². The van der Waals surface area contributed by atoms with Gasteiger partial charge < -0.3 is 4.90 Å². The van der Waals surface area contributed by atoms with Crippen LogP contribution in [0, 0.1) is 0 Å². The molecule has 5 heteroatoms.